The molecule has 0 heterocycles. The van der Waals surface area contributed by atoms with Crippen molar-refractivity contribution in [1.82, 2.24) is 0 Å². The number of halogens is 2. The molecular weight excluding hydrogens is 342 g/mol. The number of alkyl halides is 1. The molecule has 0 aliphatic heterocycles. The molecule has 0 fully saturated rings. The van der Waals surface area contributed by atoms with Gasteiger partial charge in [0, 0.05) is 4.47 Å². The fourth-order valence-electron chi connectivity index (χ4n) is 1.41. The molecule has 0 amide bonds. The van der Waals surface area contributed by atoms with Crippen LogP contribution in [0.4, 0.5) is 4.39 Å². The van der Waals surface area contributed by atoms with Crippen molar-refractivity contribution in [3.05, 3.63) is 40.4 Å². The first-order valence-corrected chi connectivity index (χ1v) is 6.35. The van der Waals surface area contributed by atoms with Gasteiger partial charge in [-0.2, -0.15) is 0 Å². The van der Waals surface area contributed by atoms with Crippen molar-refractivity contribution in [2.24, 2.45) is 0 Å². The van der Waals surface area contributed by atoms with Crippen LogP contribution in [0.5, 0.6) is 0 Å². The third-order valence-corrected chi connectivity index (χ3v) is 2.96. The van der Waals surface area contributed by atoms with Crippen LogP contribution >= 0.6 is 15.9 Å². The average Bonchev–Trinajstić information content (AvgIpc) is 2.36. The van der Waals surface area contributed by atoms with Crippen LogP contribution in [0.15, 0.2) is 34.8 Å². The zero-order chi connectivity index (χ0) is 14.4. The fraction of sp³-hybridized carbons (Fsp3) is 0.308. The molecule has 3 N–H and O–H groups in total. The normalized spacial score (nSPS) is 15.4. The standard InChI is InChI=1S/C13H14BrFO4.Na.H/c14-9-4-1-8(2-5-9)3-6-10(16)13(15)11(17)7-12(18)19;;/h1-6,10-11,13,16-17H,7H2,(H,18,19);;/q;+1;-1/b6-3+;;. The van der Waals surface area contributed by atoms with E-state index in [1.807, 2.05) is 0 Å². The second-order valence-corrected chi connectivity index (χ2v) is 4.93. The Morgan fingerprint density at radius 3 is 2.40 bits per heavy atom. The number of hydrogen-bond donors (Lipinski definition) is 3. The van der Waals surface area contributed by atoms with E-state index in [2.05, 4.69) is 15.9 Å². The van der Waals surface area contributed by atoms with Gasteiger partial charge in [-0.25, -0.2) is 4.39 Å². The van der Waals surface area contributed by atoms with Gasteiger partial charge in [0.1, 0.15) is 6.10 Å². The first-order chi connectivity index (χ1) is 8.90. The maximum Gasteiger partial charge on any atom is 1.00 e. The first kappa shape index (κ1) is 19.8. The number of benzene rings is 1. The van der Waals surface area contributed by atoms with Gasteiger partial charge in [-0.05, 0) is 17.7 Å². The Morgan fingerprint density at radius 2 is 1.90 bits per heavy atom. The molecule has 0 aliphatic carbocycles. The topological polar surface area (TPSA) is 77.8 Å². The second-order valence-electron chi connectivity index (χ2n) is 4.01. The van der Waals surface area contributed by atoms with Gasteiger partial charge in [-0.3, -0.25) is 4.79 Å². The number of hydrogen-bond acceptors (Lipinski definition) is 3. The molecule has 0 saturated carbocycles. The van der Waals surface area contributed by atoms with Crippen molar-refractivity contribution in [3.63, 3.8) is 0 Å². The molecule has 1 aromatic rings. The summed E-state index contributed by atoms with van der Waals surface area (Å²) in [4.78, 5) is 10.3. The summed E-state index contributed by atoms with van der Waals surface area (Å²) in [6, 6.07) is 7.10. The molecule has 4 nitrogen and oxygen atoms in total. The van der Waals surface area contributed by atoms with Crippen LogP contribution in [0.25, 0.3) is 6.08 Å². The predicted molar refractivity (Wildman–Crippen MR) is 73.5 cm³/mol. The van der Waals surface area contributed by atoms with E-state index in [4.69, 9.17) is 5.11 Å². The van der Waals surface area contributed by atoms with Gasteiger partial charge in [0.15, 0.2) is 6.17 Å². The van der Waals surface area contributed by atoms with Crippen molar-refractivity contribution >= 4 is 28.0 Å². The van der Waals surface area contributed by atoms with Crippen molar-refractivity contribution in [2.75, 3.05) is 0 Å². The number of aliphatic carboxylic acids is 1. The molecule has 1 aromatic carbocycles. The third kappa shape index (κ3) is 6.97. The zero-order valence-electron chi connectivity index (χ0n) is 11.9. The molecule has 1 rings (SSSR count). The van der Waals surface area contributed by atoms with Crippen LogP contribution in [0, 0.1) is 0 Å². The fourth-order valence-corrected chi connectivity index (χ4v) is 1.67. The van der Waals surface area contributed by atoms with E-state index < -0.39 is 30.8 Å². The minimum Gasteiger partial charge on any atom is -1.00 e. The molecule has 0 saturated heterocycles. The first-order valence-electron chi connectivity index (χ1n) is 5.56. The Balaban J connectivity index is 0. The van der Waals surface area contributed by atoms with E-state index >= 15 is 0 Å². The van der Waals surface area contributed by atoms with E-state index in [1.54, 1.807) is 24.3 Å². The molecule has 20 heavy (non-hydrogen) atoms. The molecule has 0 aliphatic rings. The van der Waals surface area contributed by atoms with Gasteiger partial charge in [-0.15, -0.1) is 0 Å². The summed E-state index contributed by atoms with van der Waals surface area (Å²) in [6.45, 7) is 0. The number of carbonyl (C=O) groups is 1. The quantitative estimate of drug-likeness (QED) is 0.578. The van der Waals surface area contributed by atoms with Crippen LogP contribution in [-0.4, -0.2) is 39.7 Å². The van der Waals surface area contributed by atoms with Crippen molar-refractivity contribution in [3.8, 4) is 0 Å². The smallest absolute Gasteiger partial charge is 1.00 e. The monoisotopic (exact) mass is 356 g/mol. The minimum absolute atomic E-state index is 0. The van der Waals surface area contributed by atoms with Crippen molar-refractivity contribution in [1.29, 1.82) is 0 Å². The van der Waals surface area contributed by atoms with E-state index in [0.717, 1.165) is 10.0 Å². The maximum atomic E-state index is 13.5. The second kappa shape index (κ2) is 9.65. The largest absolute Gasteiger partial charge is 1.00 e. The van der Waals surface area contributed by atoms with Gasteiger partial charge >= 0.3 is 35.5 Å². The number of carboxylic acids is 1. The molecule has 3 unspecified atom stereocenters. The molecule has 106 valence electrons. The van der Waals surface area contributed by atoms with Crippen molar-refractivity contribution in [2.45, 2.75) is 24.8 Å². The number of aliphatic hydroxyl groups excluding tert-OH is 2. The van der Waals surface area contributed by atoms with Gasteiger partial charge in [0.2, 0.25) is 0 Å². The Hall–Kier alpha value is -0.240. The summed E-state index contributed by atoms with van der Waals surface area (Å²) in [5.41, 5.74) is 0.752. The van der Waals surface area contributed by atoms with Gasteiger partial charge in [0.25, 0.3) is 0 Å². The zero-order valence-corrected chi connectivity index (χ0v) is 14.5. The minimum atomic E-state index is -2.04. The summed E-state index contributed by atoms with van der Waals surface area (Å²) in [7, 11) is 0. The number of carboxylic acid groups (broad SMARTS) is 1. The van der Waals surface area contributed by atoms with Crippen molar-refractivity contribution < 1.29 is 55.5 Å². The number of rotatable bonds is 6. The van der Waals surface area contributed by atoms with Crippen LogP contribution in [0.2, 0.25) is 0 Å². The molecule has 7 heteroatoms. The summed E-state index contributed by atoms with van der Waals surface area (Å²) >= 11 is 3.27. The predicted octanol–water partition coefficient (Wildman–Crippen LogP) is -0.887. The van der Waals surface area contributed by atoms with E-state index in [-0.39, 0.29) is 31.0 Å². The Morgan fingerprint density at radius 1 is 1.35 bits per heavy atom. The summed E-state index contributed by atoms with van der Waals surface area (Å²) in [5, 5.41) is 27.1. The van der Waals surface area contributed by atoms with Crippen LogP contribution in [0.1, 0.15) is 13.4 Å². The van der Waals surface area contributed by atoms with E-state index in [0.29, 0.717) is 0 Å². The maximum absolute atomic E-state index is 13.5. The third-order valence-electron chi connectivity index (χ3n) is 2.43. The molecule has 0 bridgehead atoms. The SMILES string of the molecule is O=C(O)CC(O)C(F)C(O)/C=C/c1ccc(Br)cc1.[H-].[Na+]. The average molecular weight is 357 g/mol. The van der Waals surface area contributed by atoms with Crippen LogP contribution < -0.4 is 29.6 Å². The van der Waals surface area contributed by atoms with Gasteiger partial charge in [-0.1, -0.05) is 40.2 Å². The van der Waals surface area contributed by atoms with Gasteiger partial charge < -0.3 is 16.7 Å². The Labute approximate surface area is 148 Å². The summed E-state index contributed by atoms with van der Waals surface area (Å²) in [6.07, 6.45) is -3.40. The molecule has 0 radical (unpaired) electrons. The van der Waals surface area contributed by atoms with E-state index in [9.17, 15) is 19.4 Å². The van der Waals surface area contributed by atoms with Crippen LogP contribution in [0.3, 0.4) is 0 Å². The Bertz CT molecular complexity index is 458. The molecule has 3 atom stereocenters. The molecular formula is C13H15BrFNaO4. The van der Waals surface area contributed by atoms with E-state index in [1.165, 1.54) is 12.2 Å². The molecule has 0 aromatic heterocycles. The summed E-state index contributed by atoms with van der Waals surface area (Å²) in [5.74, 6) is -1.32. The summed E-state index contributed by atoms with van der Waals surface area (Å²) < 4.78 is 14.4. The number of aliphatic hydroxyl groups is 2. The van der Waals surface area contributed by atoms with Crippen LogP contribution in [-0.2, 0) is 4.79 Å². The Kier molecular flexibility index (Phi) is 9.54. The van der Waals surface area contributed by atoms with Gasteiger partial charge in [0.05, 0.1) is 12.5 Å². The molecule has 0 spiro atoms.